The molecule has 0 bridgehead atoms. The molecule has 0 radical (unpaired) electrons. The highest BCUT2D eigenvalue weighted by molar-refractivity contribution is 7.80. The fourth-order valence-electron chi connectivity index (χ4n) is 3.44. The van der Waals surface area contributed by atoms with Crippen molar-refractivity contribution in [3.63, 3.8) is 0 Å². The number of benzene rings is 2. The standard InChI is InChI=1S/C21H26N2O4S/c1-22-21(28)23-10-9-14-11-19(25-3)20(26-4)12-17(14)18(23)13-27-16-7-5-15(24-2)6-8-16/h5-8,11-12,18H,9-10,13H2,1-4H3,(H,22,28)/t18-/m1/s1. The predicted octanol–water partition coefficient (Wildman–Crippen LogP) is 3.19. The van der Waals surface area contributed by atoms with Crippen molar-refractivity contribution >= 4 is 17.3 Å². The van der Waals surface area contributed by atoms with Crippen molar-refractivity contribution in [2.24, 2.45) is 0 Å². The first kappa shape index (κ1) is 20.1. The van der Waals surface area contributed by atoms with Crippen molar-refractivity contribution < 1.29 is 18.9 Å². The van der Waals surface area contributed by atoms with Gasteiger partial charge >= 0.3 is 0 Å². The summed E-state index contributed by atoms with van der Waals surface area (Å²) in [5.41, 5.74) is 2.35. The summed E-state index contributed by atoms with van der Waals surface area (Å²) in [5.74, 6) is 3.02. The van der Waals surface area contributed by atoms with Crippen LogP contribution in [-0.2, 0) is 6.42 Å². The van der Waals surface area contributed by atoms with Crippen molar-refractivity contribution in [1.29, 1.82) is 0 Å². The van der Waals surface area contributed by atoms with Crippen molar-refractivity contribution in [2.45, 2.75) is 12.5 Å². The van der Waals surface area contributed by atoms with Crippen LogP contribution in [0.2, 0.25) is 0 Å². The van der Waals surface area contributed by atoms with Crippen molar-refractivity contribution in [3.05, 3.63) is 47.5 Å². The van der Waals surface area contributed by atoms with E-state index in [9.17, 15) is 0 Å². The molecule has 1 atom stereocenters. The molecule has 28 heavy (non-hydrogen) atoms. The summed E-state index contributed by atoms with van der Waals surface area (Å²) in [4.78, 5) is 2.16. The van der Waals surface area contributed by atoms with Gasteiger partial charge in [0.25, 0.3) is 0 Å². The molecule has 0 amide bonds. The maximum absolute atomic E-state index is 6.10. The largest absolute Gasteiger partial charge is 0.497 e. The maximum atomic E-state index is 6.10. The second-order valence-electron chi connectivity index (χ2n) is 6.41. The number of methoxy groups -OCH3 is 3. The summed E-state index contributed by atoms with van der Waals surface area (Å²) < 4.78 is 22.3. The van der Waals surface area contributed by atoms with Gasteiger partial charge in [-0.3, -0.25) is 0 Å². The first-order valence-corrected chi connectivity index (χ1v) is 9.52. The summed E-state index contributed by atoms with van der Waals surface area (Å²) in [6, 6.07) is 11.6. The van der Waals surface area contributed by atoms with E-state index < -0.39 is 0 Å². The van der Waals surface area contributed by atoms with Crippen LogP contribution >= 0.6 is 12.2 Å². The lowest BCUT2D eigenvalue weighted by molar-refractivity contribution is 0.187. The second kappa shape index (κ2) is 9.01. The fourth-order valence-corrected chi connectivity index (χ4v) is 3.66. The highest BCUT2D eigenvalue weighted by Gasteiger charge is 2.31. The van der Waals surface area contributed by atoms with Gasteiger partial charge in [0, 0.05) is 13.6 Å². The van der Waals surface area contributed by atoms with Gasteiger partial charge in [-0.15, -0.1) is 0 Å². The topological polar surface area (TPSA) is 52.2 Å². The molecule has 150 valence electrons. The maximum Gasteiger partial charge on any atom is 0.169 e. The van der Waals surface area contributed by atoms with Crippen LogP contribution in [0.5, 0.6) is 23.0 Å². The van der Waals surface area contributed by atoms with Crippen LogP contribution < -0.4 is 24.3 Å². The van der Waals surface area contributed by atoms with E-state index in [1.807, 2.05) is 43.4 Å². The number of ether oxygens (including phenoxy) is 4. The Morgan fingerprint density at radius 3 is 2.29 bits per heavy atom. The van der Waals surface area contributed by atoms with Crippen molar-refractivity contribution in [1.82, 2.24) is 10.2 Å². The summed E-state index contributed by atoms with van der Waals surface area (Å²) in [6.45, 7) is 1.26. The average Bonchev–Trinajstić information content (AvgIpc) is 2.75. The van der Waals surface area contributed by atoms with Crippen LogP contribution in [0.1, 0.15) is 17.2 Å². The molecule has 6 nitrogen and oxygen atoms in total. The van der Waals surface area contributed by atoms with Crippen LogP contribution in [-0.4, -0.2) is 51.5 Å². The number of hydrogen-bond donors (Lipinski definition) is 1. The molecular formula is C21H26N2O4S. The first-order valence-electron chi connectivity index (χ1n) is 9.11. The quantitative estimate of drug-likeness (QED) is 0.745. The third-order valence-corrected chi connectivity index (χ3v) is 5.38. The number of rotatable bonds is 6. The van der Waals surface area contributed by atoms with Crippen LogP contribution in [0.3, 0.4) is 0 Å². The SMILES string of the molecule is CNC(=S)N1CCc2cc(OC)c(OC)cc2[C@H]1COc1ccc(OC)cc1. The number of nitrogens with one attached hydrogen (secondary N) is 1. The number of hydrogen-bond acceptors (Lipinski definition) is 5. The van der Waals surface area contributed by atoms with Gasteiger partial charge in [-0.25, -0.2) is 0 Å². The minimum Gasteiger partial charge on any atom is -0.497 e. The Morgan fingerprint density at radius 1 is 1.04 bits per heavy atom. The molecule has 0 aliphatic carbocycles. The average molecular weight is 403 g/mol. The van der Waals surface area contributed by atoms with Crippen molar-refractivity contribution in [2.75, 3.05) is 41.5 Å². The molecule has 2 aromatic rings. The monoisotopic (exact) mass is 402 g/mol. The molecule has 1 aliphatic rings. The van der Waals surface area contributed by atoms with Crippen molar-refractivity contribution in [3.8, 4) is 23.0 Å². The molecule has 7 heteroatoms. The second-order valence-corrected chi connectivity index (χ2v) is 6.79. The Bertz CT molecular complexity index is 826. The Balaban J connectivity index is 1.90. The van der Waals surface area contributed by atoms with Gasteiger partial charge in [0.15, 0.2) is 16.6 Å². The van der Waals surface area contributed by atoms with E-state index in [-0.39, 0.29) is 6.04 Å². The zero-order valence-electron chi connectivity index (χ0n) is 16.7. The Morgan fingerprint density at radius 2 is 1.68 bits per heavy atom. The van der Waals surface area contributed by atoms with Crippen LogP contribution in [0.4, 0.5) is 0 Å². The van der Waals surface area contributed by atoms with Crippen LogP contribution in [0.15, 0.2) is 36.4 Å². The van der Waals surface area contributed by atoms with Gasteiger partial charge in [-0.1, -0.05) is 0 Å². The van der Waals surface area contributed by atoms with E-state index in [4.69, 9.17) is 31.2 Å². The minimum absolute atomic E-state index is 0.0365. The van der Waals surface area contributed by atoms with Gasteiger partial charge in [-0.05, 0) is 66.2 Å². The van der Waals surface area contributed by atoms with Gasteiger partial charge in [0.2, 0.25) is 0 Å². The Labute approximate surface area is 171 Å². The number of thiocarbonyl (C=S) groups is 1. The molecular weight excluding hydrogens is 376 g/mol. The van der Waals surface area contributed by atoms with Gasteiger partial charge < -0.3 is 29.2 Å². The normalized spacial score (nSPS) is 15.4. The Hall–Kier alpha value is -2.67. The molecule has 1 N–H and O–H groups in total. The third-order valence-electron chi connectivity index (χ3n) is 4.94. The van der Waals surface area contributed by atoms with Gasteiger partial charge in [0.05, 0.1) is 27.4 Å². The molecule has 0 aromatic heterocycles. The lowest BCUT2D eigenvalue weighted by atomic mass is 9.92. The van der Waals surface area contributed by atoms with Crippen LogP contribution in [0, 0.1) is 0 Å². The summed E-state index contributed by atoms with van der Waals surface area (Å²) in [5, 5.41) is 3.79. The third kappa shape index (κ3) is 4.09. The molecule has 3 rings (SSSR count). The molecule has 1 aliphatic heterocycles. The fraction of sp³-hybridized carbons (Fsp3) is 0.381. The zero-order valence-corrected chi connectivity index (χ0v) is 17.5. The molecule has 0 unspecified atom stereocenters. The highest BCUT2D eigenvalue weighted by Crippen LogP contribution is 2.38. The van der Waals surface area contributed by atoms with E-state index >= 15 is 0 Å². The molecule has 1 heterocycles. The lowest BCUT2D eigenvalue weighted by Crippen LogP contribution is -2.46. The molecule has 2 aromatic carbocycles. The molecule has 0 saturated carbocycles. The Kier molecular flexibility index (Phi) is 6.46. The van der Waals surface area contributed by atoms with Gasteiger partial charge in [-0.2, -0.15) is 0 Å². The van der Waals surface area contributed by atoms with E-state index in [1.165, 1.54) is 5.56 Å². The van der Waals surface area contributed by atoms with E-state index in [1.54, 1.807) is 21.3 Å². The lowest BCUT2D eigenvalue weighted by Gasteiger charge is -2.38. The smallest absolute Gasteiger partial charge is 0.169 e. The predicted molar refractivity (Wildman–Crippen MR) is 113 cm³/mol. The minimum atomic E-state index is -0.0365. The number of nitrogens with zero attached hydrogens (tertiary/aromatic N) is 1. The first-order chi connectivity index (χ1) is 13.6. The number of fused-ring (bicyclic) bond motifs is 1. The molecule has 0 fully saturated rings. The van der Waals surface area contributed by atoms with E-state index in [2.05, 4.69) is 10.2 Å². The summed E-state index contributed by atoms with van der Waals surface area (Å²) in [6.07, 6.45) is 0.872. The summed E-state index contributed by atoms with van der Waals surface area (Å²) in [7, 11) is 6.78. The molecule has 0 spiro atoms. The van der Waals surface area contributed by atoms with Crippen LogP contribution in [0.25, 0.3) is 0 Å². The van der Waals surface area contributed by atoms with E-state index in [0.717, 1.165) is 35.8 Å². The highest BCUT2D eigenvalue weighted by atomic mass is 32.1. The van der Waals surface area contributed by atoms with E-state index in [0.29, 0.717) is 17.5 Å². The summed E-state index contributed by atoms with van der Waals surface area (Å²) >= 11 is 5.54. The zero-order chi connectivity index (χ0) is 20.1. The van der Waals surface area contributed by atoms with Gasteiger partial charge in [0.1, 0.15) is 18.1 Å². The molecule has 0 saturated heterocycles.